The van der Waals surface area contributed by atoms with Crippen LogP contribution in [-0.4, -0.2) is 41.9 Å². The lowest BCUT2D eigenvalue weighted by Crippen LogP contribution is -2.62. The Kier molecular flexibility index (Phi) is 10.8. The molecule has 1 atom stereocenters. The van der Waals surface area contributed by atoms with Crippen molar-refractivity contribution in [3.8, 4) is 0 Å². The van der Waals surface area contributed by atoms with Crippen molar-refractivity contribution in [2.75, 3.05) is 0 Å². The number of aryl methyl sites for hydroxylation is 1. The third kappa shape index (κ3) is 7.31. The van der Waals surface area contributed by atoms with Gasteiger partial charge in [-0.25, -0.2) is 19.4 Å². The van der Waals surface area contributed by atoms with Crippen LogP contribution in [0.2, 0.25) is 0 Å². The van der Waals surface area contributed by atoms with E-state index in [-0.39, 0.29) is 7.12 Å². The molecule has 198 valence electrons. The van der Waals surface area contributed by atoms with Gasteiger partial charge >= 0.3 is 13.1 Å². The van der Waals surface area contributed by atoms with Crippen LogP contribution in [-0.2, 0) is 6.54 Å². The molecule has 0 bridgehead atoms. The van der Waals surface area contributed by atoms with Crippen molar-refractivity contribution >= 4 is 19.4 Å². The monoisotopic (exact) mass is 503 g/mol. The number of hydrogen-bond acceptors (Lipinski definition) is 4. The Bertz CT molecular complexity index is 1010. The van der Waals surface area contributed by atoms with E-state index in [9.17, 15) is 0 Å². The molecule has 37 heavy (non-hydrogen) atoms. The lowest BCUT2D eigenvalue weighted by atomic mass is 9.85. The van der Waals surface area contributed by atoms with Gasteiger partial charge in [0, 0.05) is 37.5 Å². The fourth-order valence-electron chi connectivity index (χ4n) is 5.40. The Morgan fingerprint density at radius 3 is 1.76 bits per heavy atom. The van der Waals surface area contributed by atoms with Crippen LogP contribution in [0.25, 0.3) is 0 Å². The Morgan fingerprint density at radius 1 is 0.703 bits per heavy atom. The van der Waals surface area contributed by atoms with Gasteiger partial charge in [0.25, 0.3) is 0 Å². The summed E-state index contributed by atoms with van der Waals surface area (Å²) >= 11 is 0. The maximum absolute atomic E-state index is 4.82. The molecule has 0 N–H and O–H groups in total. The van der Waals surface area contributed by atoms with Crippen molar-refractivity contribution in [3.63, 3.8) is 0 Å². The summed E-state index contributed by atoms with van der Waals surface area (Å²) in [5, 5.41) is 0. The zero-order chi connectivity index (χ0) is 25.6. The second-order valence-electron chi connectivity index (χ2n) is 10.3. The van der Waals surface area contributed by atoms with E-state index >= 15 is 0 Å². The Balaban J connectivity index is 1.23. The van der Waals surface area contributed by atoms with Crippen molar-refractivity contribution in [2.45, 2.75) is 103 Å². The first-order chi connectivity index (χ1) is 18.3. The predicted octanol–water partition coefficient (Wildman–Crippen LogP) is 6.66. The van der Waals surface area contributed by atoms with Crippen LogP contribution in [0.5, 0.6) is 0 Å². The maximum Gasteiger partial charge on any atom is 0.693 e. The van der Waals surface area contributed by atoms with Gasteiger partial charge in [-0.15, -0.1) is 0 Å². The zero-order valence-corrected chi connectivity index (χ0v) is 22.6. The largest absolute Gasteiger partial charge is 0.693 e. The molecule has 1 aliphatic rings. The molecule has 0 radical (unpaired) electrons. The molecule has 3 aromatic heterocycles. The van der Waals surface area contributed by atoms with Crippen LogP contribution in [0.1, 0.15) is 96.8 Å². The van der Waals surface area contributed by atoms with Gasteiger partial charge in [-0.3, -0.25) is 4.57 Å². The van der Waals surface area contributed by atoms with Gasteiger partial charge in [-0.2, -0.15) is 4.98 Å². The predicted molar refractivity (Wildman–Crippen MR) is 153 cm³/mol. The molecule has 1 unspecified atom stereocenters. The lowest BCUT2D eigenvalue weighted by Gasteiger charge is -2.31. The van der Waals surface area contributed by atoms with Gasteiger partial charge < -0.3 is 8.96 Å². The quantitative estimate of drug-likeness (QED) is 0.136. The first-order valence-electron chi connectivity index (χ1n) is 14.4. The van der Waals surface area contributed by atoms with Crippen molar-refractivity contribution in [2.24, 2.45) is 4.99 Å². The summed E-state index contributed by atoms with van der Waals surface area (Å²) in [5.41, 5.74) is 0. The molecule has 3 aromatic rings. The third-order valence-corrected chi connectivity index (χ3v) is 7.41. The van der Waals surface area contributed by atoms with Crippen molar-refractivity contribution in [1.82, 2.24) is 32.9 Å². The first kappa shape index (κ1) is 27.1. The van der Waals surface area contributed by atoms with E-state index in [1.807, 2.05) is 43.8 Å². The summed E-state index contributed by atoms with van der Waals surface area (Å²) in [5.74, 6) is 0.944. The fourth-order valence-corrected chi connectivity index (χ4v) is 5.40. The number of hydrogen-bond donors (Lipinski definition) is 0. The van der Waals surface area contributed by atoms with E-state index < -0.39 is 0 Å². The van der Waals surface area contributed by atoms with Crippen molar-refractivity contribution in [1.29, 1.82) is 0 Å². The topological polar surface area (TPSA) is 65.8 Å². The highest BCUT2D eigenvalue weighted by Crippen LogP contribution is 2.27. The van der Waals surface area contributed by atoms with E-state index in [1.54, 1.807) is 12.4 Å². The fraction of sp³-hybridized carbons (Fsp3) is 0.571. The SMILES string of the molecule is CCCCCCCCCCCCCCCCn1ccnc1[N+]1(B(n2ccnc2)n2ccnc2)C=CN=C1. The average molecular weight is 504 g/mol. The molecule has 4 rings (SSSR count). The van der Waals surface area contributed by atoms with Crippen LogP contribution in [0, 0.1) is 0 Å². The van der Waals surface area contributed by atoms with Gasteiger partial charge in [-0.05, 0) is 6.42 Å². The first-order valence-corrected chi connectivity index (χ1v) is 14.4. The summed E-state index contributed by atoms with van der Waals surface area (Å²) in [4.78, 5) is 17.9. The highest BCUT2D eigenvalue weighted by Gasteiger charge is 2.52. The second-order valence-corrected chi connectivity index (χ2v) is 10.3. The zero-order valence-electron chi connectivity index (χ0n) is 22.6. The molecule has 0 aromatic carbocycles. The summed E-state index contributed by atoms with van der Waals surface area (Å²) in [6.07, 6.45) is 40.3. The van der Waals surface area contributed by atoms with Crippen molar-refractivity contribution < 1.29 is 0 Å². The van der Waals surface area contributed by atoms with Crippen LogP contribution in [0.4, 0.5) is 5.95 Å². The molecule has 0 saturated carbocycles. The average Bonchev–Trinajstić information content (AvgIpc) is 3.73. The van der Waals surface area contributed by atoms with Crippen LogP contribution in [0.15, 0.2) is 67.2 Å². The minimum atomic E-state index is -0.190. The van der Waals surface area contributed by atoms with E-state index in [0.29, 0.717) is 4.39 Å². The normalized spacial score (nSPS) is 16.7. The number of nitrogens with zero attached hydrogens (tertiary/aromatic N) is 8. The summed E-state index contributed by atoms with van der Waals surface area (Å²) in [6.45, 7) is 3.24. The molecular weight excluding hydrogens is 459 g/mol. The molecule has 0 saturated heterocycles. The summed E-state index contributed by atoms with van der Waals surface area (Å²) in [7, 11) is -0.190. The van der Waals surface area contributed by atoms with E-state index in [2.05, 4.69) is 47.8 Å². The van der Waals surface area contributed by atoms with Gasteiger partial charge in [0.2, 0.25) is 0 Å². The van der Waals surface area contributed by atoms with Crippen LogP contribution >= 0.6 is 0 Å². The van der Waals surface area contributed by atoms with E-state index in [4.69, 9.17) is 4.98 Å². The van der Waals surface area contributed by atoms with Gasteiger partial charge in [0.15, 0.2) is 6.34 Å². The molecule has 9 heteroatoms. The Hall–Kier alpha value is -2.94. The minimum Gasteiger partial charge on any atom is -0.301 e. The minimum absolute atomic E-state index is 0.190. The molecule has 0 spiro atoms. The Morgan fingerprint density at radius 2 is 1.27 bits per heavy atom. The smallest absolute Gasteiger partial charge is 0.301 e. The third-order valence-electron chi connectivity index (χ3n) is 7.41. The van der Waals surface area contributed by atoms with E-state index in [0.717, 1.165) is 18.9 Å². The number of aromatic nitrogens is 6. The standard InChI is InChI=1S/C28H44BN8/c1-2-3-4-5-6-7-8-9-10-11-12-13-14-15-20-34-21-18-33-28(34)37(24-19-32-27-37)29(35-22-16-30-25-35)36-23-17-31-26-36/h16-19,21-27H,2-15,20H2,1H3/q+1. The van der Waals surface area contributed by atoms with Crippen LogP contribution < -0.4 is 4.39 Å². The summed E-state index contributed by atoms with van der Waals surface area (Å²) in [6, 6.07) is 0. The highest BCUT2D eigenvalue weighted by atomic mass is 15.5. The molecule has 0 amide bonds. The van der Waals surface area contributed by atoms with E-state index in [1.165, 1.54) is 83.5 Å². The number of aliphatic imine (C=N–C) groups is 1. The molecule has 4 heterocycles. The van der Waals surface area contributed by atoms with Crippen molar-refractivity contribution in [3.05, 3.63) is 62.2 Å². The summed E-state index contributed by atoms with van der Waals surface area (Å²) < 4.78 is 6.78. The lowest BCUT2D eigenvalue weighted by molar-refractivity contribution is 0.519. The number of quaternary nitrogens is 1. The molecule has 8 nitrogen and oxygen atoms in total. The molecule has 0 fully saturated rings. The van der Waals surface area contributed by atoms with Gasteiger partial charge in [0.1, 0.15) is 6.20 Å². The van der Waals surface area contributed by atoms with Gasteiger partial charge in [-0.1, -0.05) is 90.4 Å². The molecule has 1 aliphatic heterocycles. The maximum atomic E-state index is 4.82. The molecule has 0 aliphatic carbocycles. The van der Waals surface area contributed by atoms with Gasteiger partial charge in [0.05, 0.1) is 25.1 Å². The highest BCUT2D eigenvalue weighted by molar-refractivity contribution is 6.60. The molecular formula is C28H44BN8+. The number of unbranched alkanes of at least 4 members (excludes halogenated alkanes) is 13. The number of imidazole rings is 3. The second kappa shape index (κ2) is 14.7. The van der Waals surface area contributed by atoms with Crippen LogP contribution in [0.3, 0.4) is 0 Å². The Labute approximate surface area is 222 Å². The number of rotatable bonds is 19.